The molecule has 2 aliphatic heterocycles. The molecule has 0 bridgehead atoms. The first kappa shape index (κ1) is 24.1. The van der Waals surface area contributed by atoms with Gasteiger partial charge in [0, 0.05) is 31.3 Å². The van der Waals surface area contributed by atoms with Gasteiger partial charge in [-0.3, -0.25) is 10.1 Å². The second kappa shape index (κ2) is 10.8. The molecule has 1 amide bonds. The first-order valence-corrected chi connectivity index (χ1v) is 11.2. The molecule has 0 aromatic heterocycles. The van der Waals surface area contributed by atoms with Crippen LogP contribution in [0.25, 0.3) is 0 Å². The van der Waals surface area contributed by atoms with Gasteiger partial charge in [-0.25, -0.2) is 4.79 Å². The van der Waals surface area contributed by atoms with Gasteiger partial charge in [0.2, 0.25) is 0 Å². The summed E-state index contributed by atoms with van der Waals surface area (Å²) in [7, 11) is 0. The van der Waals surface area contributed by atoms with Gasteiger partial charge in [0.25, 0.3) is 5.69 Å². The predicted octanol–water partition coefficient (Wildman–Crippen LogP) is 5.20. The zero-order chi connectivity index (χ0) is 22.3. The van der Waals surface area contributed by atoms with Crippen LogP contribution < -0.4 is 0 Å². The molecule has 2 fully saturated rings. The van der Waals surface area contributed by atoms with Crippen molar-refractivity contribution in [2.75, 3.05) is 26.2 Å². The van der Waals surface area contributed by atoms with Crippen LogP contribution in [0.5, 0.6) is 0 Å². The summed E-state index contributed by atoms with van der Waals surface area (Å²) in [4.78, 5) is 27.0. The smallest absolute Gasteiger partial charge is 0.410 e. The molecular formula is C23H37N3O4. The number of ether oxygens (including phenoxy) is 1. The van der Waals surface area contributed by atoms with Gasteiger partial charge in [0.05, 0.1) is 4.92 Å². The number of nitrogens with zero attached hydrogens (tertiary/aromatic N) is 3. The van der Waals surface area contributed by atoms with Crippen LogP contribution in [-0.2, 0) is 4.74 Å². The van der Waals surface area contributed by atoms with E-state index in [9.17, 15) is 14.9 Å². The van der Waals surface area contributed by atoms with Gasteiger partial charge in [0.15, 0.2) is 0 Å². The molecule has 2 heterocycles. The fourth-order valence-corrected chi connectivity index (χ4v) is 4.21. The molecule has 0 N–H and O–H groups in total. The van der Waals surface area contributed by atoms with Gasteiger partial charge < -0.3 is 14.5 Å². The van der Waals surface area contributed by atoms with Crippen molar-refractivity contribution in [3.05, 3.63) is 39.9 Å². The van der Waals surface area contributed by atoms with Crippen LogP contribution in [0.1, 0.15) is 71.8 Å². The highest BCUT2D eigenvalue weighted by molar-refractivity contribution is 5.68. The fourth-order valence-electron chi connectivity index (χ4n) is 4.21. The number of amides is 1. The molecule has 1 aromatic carbocycles. The van der Waals surface area contributed by atoms with Crippen molar-refractivity contribution < 1.29 is 14.5 Å². The Hall–Kier alpha value is -2.15. The summed E-state index contributed by atoms with van der Waals surface area (Å²) < 4.78 is 5.48. The van der Waals surface area contributed by atoms with Gasteiger partial charge in [-0.1, -0.05) is 26.0 Å². The first-order valence-electron chi connectivity index (χ1n) is 11.2. The van der Waals surface area contributed by atoms with Crippen molar-refractivity contribution in [3.63, 3.8) is 0 Å². The van der Waals surface area contributed by atoms with E-state index >= 15 is 0 Å². The van der Waals surface area contributed by atoms with Gasteiger partial charge >= 0.3 is 6.09 Å². The summed E-state index contributed by atoms with van der Waals surface area (Å²) in [5.74, 6) is 0.471. The van der Waals surface area contributed by atoms with E-state index in [1.165, 1.54) is 5.56 Å². The molecule has 7 nitrogen and oxygen atoms in total. The van der Waals surface area contributed by atoms with Crippen molar-refractivity contribution in [1.82, 2.24) is 9.80 Å². The third kappa shape index (κ3) is 6.69. The Labute approximate surface area is 180 Å². The summed E-state index contributed by atoms with van der Waals surface area (Å²) in [6, 6.07) is 7.54. The monoisotopic (exact) mass is 419 g/mol. The van der Waals surface area contributed by atoms with E-state index in [2.05, 4.69) is 4.90 Å². The highest BCUT2D eigenvalue weighted by Crippen LogP contribution is 2.31. The quantitative estimate of drug-likeness (QED) is 0.497. The topological polar surface area (TPSA) is 75.9 Å². The maximum Gasteiger partial charge on any atom is 0.410 e. The van der Waals surface area contributed by atoms with E-state index < -0.39 is 5.60 Å². The molecule has 0 unspecified atom stereocenters. The number of carbonyl (C=O) groups is 1. The van der Waals surface area contributed by atoms with E-state index in [0.29, 0.717) is 12.0 Å². The molecule has 0 saturated carbocycles. The number of carbonyl (C=O) groups excluding carboxylic acids is 1. The molecule has 2 aliphatic rings. The van der Waals surface area contributed by atoms with Gasteiger partial charge in [0.1, 0.15) is 5.60 Å². The lowest BCUT2D eigenvalue weighted by Crippen LogP contribution is -2.49. The Bertz CT molecular complexity index is 683. The number of nitro groups is 1. The Balaban J connectivity index is 0.00000155. The standard InChI is InChI=1S/C21H31N3O4.C2H6/c1-21(2,3)28-20(25)23-14-10-18(11-15-23)22-12-8-17(9-13-22)16-4-6-19(7-5-16)24(26)27;1-2/h4-7,17-18H,8-15H2,1-3H3;1-2H3. The summed E-state index contributed by atoms with van der Waals surface area (Å²) in [6.07, 6.45) is 3.92. The van der Waals surface area contributed by atoms with Crippen LogP contribution in [0.15, 0.2) is 24.3 Å². The number of non-ortho nitro benzene ring substituents is 1. The van der Waals surface area contributed by atoms with Gasteiger partial charge in [-0.05, 0) is 71.0 Å². The van der Waals surface area contributed by atoms with Crippen LogP contribution >= 0.6 is 0 Å². The Kier molecular flexibility index (Phi) is 8.65. The van der Waals surface area contributed by atoms with Crippen LogP contribution in [0.3, 0.4) is 0 Å². The lowest BCUT2D eigenvalue weighted by atomic mass is 9.88. The van der Waals surface area contributed by atoms with Crippen molar-refractivity contribution in [1.29, 1.82) is 0 Å². The summed E-state index contributed by atoms with van der Waals surface area (Å²) in [5, 5.41) is 10.8. The normalized spacial score (nSPS) is 19.0. The summed E-state index contributed by atoms with van der Waals surface area (Å²) in [5.41, 5.74) is 0.899. The molecule has 3 rings (SSSR count). The van der Waals surface area contributed by atoms with E-state index in [1.807, 2.05) is 51.7 Å². The predicted molar refractivity (Wildman–Crippen MR) is 119 cm³/mol. The van der Waals surface area contributed by atoms with E-state index in [-0.39, 0.29) is 16.7 Å². The first-order chi connectivity index (χ1) is 14.2. The molecule has 30 heavy (non-hydrogen) atoms. The van der Waals surface area contributed by atoms with E-state index in [1.54, 1.807) is 12.1 Å². The van der Waals surface area contributed by atoms with E-state index in [4.69, 9.17) is 4.74 Å². The molecule has 7 heteroatoms. The Morgan fingerprint density at radius 2 is 1.53 bits per heavy atom. The zero-order valence-corrected chi connectivity index (χ0v) is 19.1. The minimum absolute atomic E-state index is 0.151. The molecule has 168 valence electrons. The van der Waals surface area contributed by atoms with Crippen molar-refractivity contribution in [2.24, 2.45) is 0 Å². The van der Waals surface area contributed by atoms with Gasteiger partial charge in [-0.2, -0.15) is 0 Å². The van der Waals surface area contributed by atoms with Crippen LogP contribution in [0, 0.1) is 10.1 Å². The summed E-state index contributed by atoms with van der Waals surface area (Å²) in [6.45, 7) is 13.3. The highest BCUT2D eigenvalue weighted by Gasteiger charge is 2.31. The average Bonchev–Trinajstić information content (AvgIpc) is 2.74. The van der Waals surface area contributed by atoms with Crippen molar-refractivity contribution in [3.8, 4) is 0 Å². The second-order valence-corrected chi connectivity index (χ2v) is 8.86. The van der Waals surface area contributed by atoms with Crippen LogP contribution in [0.4, 0.5) is 10.5 Å². The minimum atomic E-state index is -0.451. The van der Waals surface area contributed by atoms with Crippen LogP contribution in [0.2, 0.25) is 0 Å². The lowest BCUT2D eigenvalue weighted by Gasteiger charge is -2.42. The largest absolute Gasteiger partial charge is 0.444 e. The number of likely N-dealkylation sites (tertiary alicyclic amines) is 2. The molecule has 0 radical (unpaired) electrons. The zero-order valence-electron chi connectivity index (χ0n) is 19.1. The number of hydrogen-bond acceptors (Lipinski definition) is 5. The van der Waals surface area contributed by atoms with Gasteiger partial charge in [-0.15, -0.1) is 0 Å². The number of piperidine rings is 2. The number of benzene rings is 1. The Morgan fingerprint density at radius 1 is 1.00 bits per heavy atom. The number of hydrogen-bond donors (Lipinski definition) is 0. The maximum absolute atomic E-state index is 12.2. The molecule has 0 atom stereocenters. The molecule has 2 saturated heterocycles. The molecule has 1 aromatic rings. The highest BCUT2D eigenvalue weighted by atomic mass is 16.6. The van der Waals surface area contributed by atoms with Crippen molar-refractivity contribution in [2.45, 2.75) is 77.9 Å². The minimum Gasteiger partial charge on any atom is -0.444 e. The molecule has 0 spiro atoms. The molecular weight excluding hydrogens is 382 g/mol. The summed E-state index contributed by atoms with van der Waals surface area (Å²) >= 11 is 0. The second-order valence-electron chi connectivity index (χ2n) is 8.86. The van der Waals surface area contributed by atoms with E-state index in [0.717, 1.165) is 51.9 Å². The number of rotatable bonds is 3. The molecule has 0 aliphatic carbocycles. The fraction of sp³-hybridized carbons (Fsp3) is 0.696. The third-order valence-corrected chi connectivity index (χ3v) is 5.74. The Morgan fingerprint density at radius 3 is 2.00 bits per heavy atom. The lowest BCUT2D eigenvalue weighted by molar-refractivity contribution is -0.384. The SMILES string of the molecule is CC.CC(C)(C)OC(=O)N1CCC(N2CCC(c3ccc([N+](=O)[O-])cc3)CC2)CC1. The third-order valence-electron chi connectivity index (χ3n) is 5.74. The average molecular weight is 420 g/mol. The maximum atomic E-state index is 12.2. The van der Waals surface area contributed by atoms with Crippen LogP contribution in [-0.4, -0.2) is 58.6 Å². The van der Waals surface area contributed by atoms with Crippen molar-refractivity contribution >= 4 is 11.8 Å². The number of nitro benzene ring substituents is 1.